The number of benzene rings is 1. The molecule has 1 aliphatic rings. The van der Waals surface area contributed by atoms with Crippen LogP contribution in [0.25, 0.3) is 22.4 Å². The minimum absolute atomic E-state index is 0.0640. The number of nitrogens with one attached hydrogen (secondary N) is 1. The van der Waals surface area contributed by atoms with E-state index in [0.717, 1.165) is 5.39 Å². The molecule has 4 aromatic rings. The van der Waals surface area contributed by atoms with Crippen molar-refractivity contribution in [1.29, 1.82) is 0 Å². The molecular formula is C26H26N6O5. The number of hydrogen-bond acceptors (Lipinski definition) is 10. The SMILES string of the molecule is C=CC(=O)N1CCC(Oc2cc3c(Nc4cc(-c5ccco5)nnc4OC)ncnc3cc2OC)CC1. The number of methoxy groups -OCH3 is 2. The van der Waals surface area contributed by atoms with Crippen molar-refractivity contribution in [3.63, 3.8) is 0 Å². The highest BCUT2D eigenvalue weighted by atomic mass is 16.5. The Kier molecular flexibility index (Phi) is 6.84. The monoisotopic (exact) mass is 502 g/mol. The lowest BCUT2D eigenvalue weighted by molar-refractivity contribution is -0.127. The van der Waals surface area contributed by atoms with Crippen LogP contribution in [0.3, 0.4) is 0 Å². The van der Waals surface area contributed by atoms with Crippen LogP contribution < -0.4 is 19.5 Å². The molecule has 5 rings (SSSR count). The third-order valence-electron chi connectivity index (χ3n) is 6.12. The maximum absolute atomic E-state index is 11.9. The zero-order valence-electron chi connectivity index (χ0n) is 20.5. The molecule has 1 N–H and O–H groups in total. The Hall–Kier alpha value is -4.67. The van der Waals surface area contributed by atoms with Gasteiger partial charge in [-0.25, -0.2) is 9.97 Å². The molecule has 3 aromatic heterocycles. The van der Waals surface area contributed by atoms with Crippen LogP contribution in [-0.4, -0.2) is 64.4 Å². The number of carbonyl (C=O) groups excluding carboxylic acids is 1. The van der Waals surface area contributed by atoms with Crippen LogP contribution in [-0.2, 0) is 4.79 Å². The van der Waals surface area contributed by atoms with Crippen LogP contribution in [0.4, 0.5) is 11.5 Å². The summed E-state index contributed by atoms with van der Waals surface area (Å²) >= 11 is 0. The number of nitrogens with zero attached hydrogens (tertiary/aromatic N) is 5. The van der Waals surface area contributed by atoms with Gasteiger partial charge in [0.05, 0.1) is 26.0 Å². The predicted octanol–water partition coefficient (Wildman–Crippen LogP) is 4.00. The second-order valence-electron chi connectivity index (χ2n) is 8.34. The molecule has 1 aliphatic heterocycles. The van der Waals surface area contributed by atoms with Gasteiger partial charge in [0.15, 0.2) is 17.3 Å². The number of aromatic nitrogens is 4. The summed E-state index contributed by atoms with van der Waals surface area (Å²) in [6.07, 6.45) is 5.71. The van der Waals surface area contributed by atoms with Crippen molar-refractivity contribution < 1.29 is 23.4 Å². The van der Waals surface area contributed by atoms with E-state index >= 15 is 0 Å². The van der Waals surface area contributed by atoms with Gasteiger partial charge >= 0.3 is 0 Å². The molecular weight excluding hydrogens is 476 g/mol. The average molecular weight is 503 g/mol. The van der Waals surface area contributed by atoms with Crippen LogP contribution >= 0.6 is 0 Å². The second-order valence-corrected chi connectivity index (χ2v) is 8.34. The van der Waals surface area contributed by atoms with Crippen molar-refractivity contribution in [2.75, 3.05) is 32.6 Å². The van der Waals surface area contributed by atoms with Gasteiger partial charge in [0.2, 0.25) is 5.91 Å². The van der Waals surface area contributed by atoms with Gasteiger partial charge in [-0.2, -0.15) is 0 Å². The lowest BCUT2D eigenvalue weighted by Crippen LogP contribution is -2.41. The van der Waals surface area contributed by atoms with Gasteiger partial charge in [0.1, 0.15) is 29.6 Å². The number of fused-ring (bicyclic) bond motifs is 1. The Morgan fingerprint density at radius 1 is 1.14 bits per heavy atom. The van der Waals surface area contributed by atoms with Gasteiger partial charge in [-0.05, 0) is 30.3 Å². The molecule has 1 amide bonds. The average Bonchev–Trinajstić information content (AvgIpc) is 3.48. The highest BCUT2D eigenvalue weighted by Crippen LogP contribution is 2.37. The number of amides is 1. The summed E-state index contributed by atoms with van der Waals surface area (Å²) in [7, 11) is 3.11. The fourth-order valence-electron chi connectivity index (χ4n) is 4.21. The molecule has 0 radical (unpaired) electrons. The summed E-state index contributed by atoms with van der Waals surface area (Å²) < 4.78 is 22.8. The molecule has 1 saturated heterocycles. The first-order chi connectivity index (χ1) is 18.1. The lowest BCUT2D eigenvalue weighted by atomic mass is 10.1. The minimum Gasteiger partial charge on any atom is -0.493 e. The van der Waals surface area contributed by atoms with E-state index in [4.69, 9.17) is 18.6 Å². The first-order valence-electron chi connectivity index (χ1n) is 11.7. The molecule has 11 heteroatoms. The first-order valence-corrected chi connectivity index (χ1v) is 11.7. The van der Waals surface area contributed by atoms with Crippen molar-refractivity contribution in [1.82, 2.24) is 25.1 Å². The van der Waals surface area contributed by atoms with Gasteiger partial charge < -0.3 is 28.8 Å². The smallest absolute Gasteiger partial charge is 0.257 e. The maximum atomic E-state index is 11.9. The summed E-state index contributed by atoms with van der Waals surface area (Å²) in [5.41, 5.74) is 1.76. The van der Waals surface area contributed by atoms with E-state index < -0.39 is 0 Å². The summed E-state index contributed by atoms with van der Waals surface area (Å²) in [5.74, 6) is 2.47. The lowest BCUT2D eigenvalue weighted by Gasteiger charge is -2.31. The van der Waals surface area contributed by atoms with E-state index in [1.54, 1.807) is 36.5 Å². The number of rotatable bonds is 8. The Morgan fingerprint density at radius 3 is 2.68 bits per heavy atom. The third-order valence-corrected chi connectivity index (χ3v) is 6.12. The number of hydrogen-bond donors (Lipinski definition) is 1. The topological polar surface area (TPSA) is 125 Å². The quantitative estimate of drug-likeness (QED) is 0.354. The van der Waals surface area contributed by atoms with Crippen molar-refractivity contribution in [2.45, 2.75) is 18.9 Å². The van der Waals surface area contributed by atoms with Gasteiger partial charge in [-0.1, -0.05) is 6.58 Å². The molecule has 0 aliphatic carbocycles. The largest absolute Gasteiger partial charge is 0.493 e. The molecule has 0 saturated carbocycles. The Bertz CT molecular complexity index is 1420. The highest BCUT2D eigenvalue weighted by Gasteiger charge is 2.24. The predicted molar refractivity (Wildman–Crippen MR) is 136 cm³/mol. The molecule has 0 bridgehead atoms. The van der Waals surface area contributed by atoms with E-state index in [1.807, 2.05) is 12.1 Å². The fraction of sp³-hybridized carbons (Fsp3) is 0.269. The Morgan fingerprint density at radius 2 is 1.97 bits per heavy atom. The van der Waals surface area contributed by atoms with Crippen LogP contribution in [0, 0.1) is 0 Å². The van der Waals surface area contributed by atoms with Crippen molar-refractivity contribution in [2.24, 2.45) is 0 Å². The summed E-state index contributed by atoms with van der Waals surface area (Å²) in [6.45, 7) is 4.77. The molecule has 37 heavy (non-hydrogen) atoms. The number of piperidine rings is 1. The molecule has 4 heterocycles. The van der Waals surface area contributed by atoms with Crippen LogP contribution in [0.5, 0.6) is 17.4 Å². The molecule has 0 unspecified atom stereocenters. The number of furan rings is 1. The number of likely N-dealkylation sites (tertiary alicyclic amines) is 1. The first kappa shape index (κ1) is 24.0. The molecule has 11 nitrogen and oxygen atoms in total. The van der Waals surface area contributed by atoms with Gasteiger partial charge in [-0.3, -0.25) is 4.79 Å². The van der Waals surface area contributed by atoms with Crippen molar-refractivity contribution in [3.05, 3.63) is 55.6 Å². The van der Waals surface area contributed by atoms with Gasteiger partial charge in [0.25, 0.3) is 5.88 Å². The summed E-state index contributed by atoms with van der Waals surface area (Å²) in [5, 5.41) is 12.3. The Labute approximate surface area is 213 Å². The van der Waals surface area contributed by atoms with E-state index in [2.05, 4.69) is 32.1 Å². The highest BCUT2D eigenvalue weighted by molar-refractivity contribution is 5.93. The minimum atomic E-state index is -0.0680. The maximum Gasteiger partial charge on any atom is 0.257 e. The van der Waals surface area contributed by atoms with E-state index in [0.29, 0.717) is 71.8 Å². The molecule has 190 valence electrons. The van der Waals surface area contributed by atoms with Gasteiger partial charge in [-0.15, -0.1) is 10.2 Å². The standard InChI is InChI=1S/C26H26N6O5/c1-4-24(33)32-9-7-16(8-10-32)37-23-12-17-18(14-22(23)34-2)27-15-28-25(17)29-20-13-19(21-6-5-11-36-21)30-31-26(20)35-3/h4-6,11-16H,1,7-10H2,2-3H3,(H,27,28,29,30). The zero-order valence-corrected chi connectivity index (χ0v) is 20.5. The summed E-state index contributed by atoms with van der Waals surface area (Å²) in [6, 6.07) is 9.02. The molecule has 1 aromatic carbocycles. The Balaban J connectivity index is 1.45. The second kappa shape index (κ2) is 10.5. The van der Waals surface area contributed by atoms with Gasteiger partial charge in [0, 0.05) is 37.4 Å². The van der Waals surface area contributed by atoms with Crippen LogP contribution in [0.2, 0.25) is 0 Å². The number of anilines is 2. The van der Waals surface area contributed by atoms with Crippen molar-refractivity contribution in [3.8, 4) is 28.8 Å². The van der Waals surface area contributed by atoms with E-state index in [1.165, 1.54) is 19.5 Å². The normalized spacial score (nSPS) is 13.8. The third kappa shape index (κ3) is 5.01. The molecule has 1 fully saturated rings. The van der Waals surface area contributed by atoms with Crippen LogP contribution in [0.15, 0.2) is 60.0 Å². The van der Waals surface area contributed by atoms with Crippen molar-refractivity contribution >= 4 is 28.3 Å². The van der Waals surface area contributed by atoms with Crippen LogP contribution in [0.1, 0.15) is 12.8 Å². The number of carbonyl (C=O) groups is 1. The molecule has 0 atom stereocenters. The van der Waals surface area contributed by atoms with E-state index in [-0.39, 0.29) is 12.0 Å². The zero-order chi connectivity index (χ0) is 25.8. The number of ether oxygens (including phenoxy) is 3. The van der Waals surface area contributed by atoms with E-state index in [9.17, 15) is 4.79 Å². The fourth-order valence-corrected chi connectivity index (χ4v) is 4.21. The molecule has 0 spiro atoms. The summed E-state index contributed by atoms with van der Waals surface area (Å²) in [4.78, 5) is 22.5.